The Morgan fingerprint density at radius 2 is 2.00 bits per heavy atom. The van der Waals surface area contributed by atoms with Crippen LogP contribution in [0.1, 0.15) is 6.42 Å². The smallest absolute Gasteiger partial charge is 0.261 e. The highest BCUT2D eigenvalue weighted by Gasteiger charge is 2.32. The van der Waals surface area contributed by atoms with Crippen LogP contribution >= 0.6 is 0 Å². The highest BCUT2D eigenvalue weighted by molar-refractivity contribution is 5.98. The van der Waals surface area contributed by atoms with Gasteiger partial charge in [-0.3, -0.25) is 4.79 Å². The average Bonchev–Trinajstić information content (AvgIpc) is 2.50. The van der Waals surface area contributed by atoms with Crippen molar-refractivity contribution in [2.24, 2.45) is 0 Å². The van der Waals surface area contributed by atoms with Gasteiger partial charge in [0.2, 0.25) is 0 Å². The van der Waals surface area contributed by atoms with E-state index in [-0.39, 0.29) is 6.42 Å². The minimum atomic E-state index is -1.34. The summed E-state index contributed by atoms with van der Waals surface area (Å²) in [6, 6.07) is 6.86. The minimum Gasteiger partial charge on any atom is -0.399 e. The topological polar surface area (TPSA) is 46.3 Å². The van der Waals surface area contributed by atoms with Crippen LogP contribution in [0.5, 0.6) is 0 Å². The van der Waals surface area contributed by atoms with Crippen LogP contribution in [0.3, 0.4) is 0 Å². The Hall–Kier alpha value is -1.58. The van der Waals surface area contributed by atoms with E-state index in [0.29, 0.717) is 17.9 Å². The molecular formula is C10H11FN2O. The van der Waals surface area contributed by atoms with E-state index in [9.17, 15) is 9.18 Å². The number of benzene rings is 1. The second-order valence-electron chi connectivity index (χ2n) is 3.34. The lowest BCUT2D eigenvalue weighted by Crippen LogP contribution is -2.27. The largest absolute Gasteiger partial charge is 0.399 e. The fourth-order valence-electron chi connectivity index (χ4n) is 1.56. The van der Waals surface area contributed by atoms with E-state index in [1.54, 1.807) is 24.3 Å². The maximum Gasteiger partial charge on any atom is 0.261 e. The number of nitrogens with two attached hydrogens (primary N) is 1. The first-order valence-electron chi connectivity index (χ1n) is 4.49. The molecule has 4 heteroatoms. The van der Waals surface area contributed by atoms with Gasteiger partial charge in [-0.05, 0) is 24.3 Å². The van der Waals surface area contributed by atoms with Crippen molar-refractivity contribution in [1.29, 1.82) is 0 Å². The van der Waals surface area contributed by atoms with Crippen LogP contribution in [0.2, 0.25) is 0 Å². The van der Waals surface area contributed by atoms with Crippen molar-refractivity contribution in [3.05, 3.63) is 24.3 Å². The number of carbonyl (C=O) groups excluding carboxylic acids is 1. The van der Waals surface area contributed by atoms with Crippen molar-refractivity contribution >= 4 is 17.3 Å². The van der Waals surface area contributed by atoms with Crippen molar-refractivity contribution < 1.29 is 9.18 Å². The van der Waals surface area contributed by atoms with E-state index in [1.807, 2.05) is 0 Å². The lowest BCUT2D eigenvalue weighted by Gasteiger charge is -2.15. The Bertz CT molecular complexity index is 350. The third kappa shape index (κ3) is 1.43. The Balaban J connectivity index is 2.24. The van der Waals surface area contributed by atoms with Crippen molar-refractivity contribution in [3.63, 3.8) is 0 Å². The number of hydrogen-bond acceptors (Lipinski definition) is 2. The zero-order chi connectivity index (χ0) is 10.1. The van der Waals surface area contributed by atoms with Gasteiger partial charge in [0.1, 0.15) is 0 Å². The fraction of sp³-hybridized carbons (Fsp3) is 0.300. The fourth-order valence-corrected chi connectivity index (χ4v) is 1.56. The molecule has 1 aliphatic heterocycles. The summed E-state index contributed by atoms with van der Waals surface area (Å²) >= 11 is 0. The van der Waals surface area contributed by atoms with Gasteiger partial charge in [-0.2, -0.15) is 0 Å². The van der Waals surface area contributed by atoms with Crippen LogP contribution in [-0.4, -0.2) is 18.6 Å². The summed E-state index contributed by atoms with van der Waals surface area (Å²) in [4.78, 5) is 12.8. The predicted molar refractivity (Wildman–Crippen MR) is 52.7 cm³/mol. The van der Waals surface area contributed by atoms with Gasteiger partial charge in [0.05, 0.1) is 0 Å². The number of carbonyl (C=O) groups is 1. The van der Waals surface area contributed by atoms with Gasteiger partial charge < -0.3 is 10.6 Å². The van der Waals surface area contributed by atoms with Crippen LogP contribution in [0.25, 0.3) is 0 Å². The van der Waals surface area contributed by atoms with Crippen LogP contribution in [-0.2, 0) is 4.79 Å². The number of halogens is 1. The zero-order valence-corrected chi connectivity index (χ0v) is 7.61. The summed E-state index contributed by atoms with van der Waals surface area (Å²) in [5, 5.41) is 0. The van der Waals surface area contributed by atoms with E-state index in [4.69, 9.17) is 5.73 Å². The molecule has 3 nitrogen and oxygen atoms in total. The molecule has 2 N–H and O–H groups in total. The molecule has 1 heterocycles. The molecule has 1 aromatic rings. The van der Waals surface area contributed by atoms with Gasteiger partial charge in [0.25, 0.3) is 5.91 Å². The summed E-state index contributed by atoms with van der Waals surface area (Å²) in [5.74, 6) is -0.449. The lowest BCUT2D eigenvalue weighted by molar-refractivity contribution is -0.121. The second-order valence-corrected chi connectivity index (χ2v) is 3.34. The number of alkyl halides is 1. The van der Waals surface area contributed by atoms with Crippen molar-refractivity contribution in [3.8, 4) is 0 Å². The van der Waals surface area contributed by atoms with Crippen molar-refractivity contribution in [1.82, 2.24) is 0 Å². The third-order valence-electron chi connectivity index (χ3n) is 2.34. The first kappa shape index (κ1) is 8.99. The van der Waals surface area contributed by atoms with Crippen LogP contribution in [0, 0.1) is 0 Å². The number of hydrogen-bond donors (Lipinski definition) is 1. The first-order chi connectivity index (χ1) is 6.68. The van der Waals surface area contributed by atoms with Crippen LogP contribution < -0.4 is 10.6 Å². The molecule has 14 heavy (non-hydrogen) atoms. The molecular weight excluding hydrogens is 183 g/mol. The zero-order valence-electron chi connectivity index (χ0n) is 7.61. The van der Waals surface area contributed by atoms with Gasteiger partial charge in [0, 0.05) is 24.3 Å². The van der Waals surface area contributed by atoms with Gasteiger partial charge >= 0.3 is 0 Å². The predicted octanol–water partition coefficient (Wildman–Crippen LogP) is 1.34. The van der Waals surface area contributed by atoms with Gasteiger partial charge in [-0.1, -0.05) is 0 Å². The first-order valence-corrected chi connectivity index (χ1v) is 4.49. The van der Waals surface area contributed by atoms with E-state index in [1.165, 1.54) is 4.90 Å². The number of anilines is 2. The molecule has 1 unspecified atom stereocenters. The summed E-state index contributed by atoms with van der Waals surface area (Å²) < 4.78 is 12.9. The molecule has 1 saturated heterocycles. The van der Waals surface area contributed by atoms with E-state index < -0.39 is 12.1 Å². The van der Waals surface area contributed by atoms with Crippen LogP contribution in [0.4, 0.5) is 15.8 Å². The Kier molecular flexibility index (Phi) is 2.11. The van der Waals surface area contributed by atoms with Gasteiger partial charge in [0.15, 0.2) is 6.17 Å². The number of nitrogens with zero attached hydrogens (tertiary/aromatic N) is 1. The summed E-state index contributed by atoms with van der Waals surface area (Å²) in [6.07, 6.45) is -1.06. The number of amides is 1. The highest BCUT2D eigenvalue weighted by Crippen LogP contribution is 2.23. The third-order valence-corrected chi connectivity index (χ3v) is 2.34. The normalized spacial score (nSPS) is 21.6. The molecule has 1 fully saturated rings. The summed E-state index contributed by atoms with van der Waals surface area (Å²) in [5.41, 5.74) is 6.86. The van der Waals surface area contributed by atoms with Crippen molar-refractivity contribution in [2.75, 3.05) is 17.2 Å². The molecule has 1 amide bonds. The molecule has 2 rings (SSSR count). The van der Waals surface area contributed by atoms with Gasteiger partial charge in [-0.15, -0.1) is 0 Å². The lowest BCUT2D eigenvalue weighted by atomic mass is 10.2. The number of nitrogen functional groups attached to an aromatic ring is 1. The van der Waals surface area contributed by atoms with E-state index >= 15 is 0 Å². The Morgan fingerprint density at radius 3 is 2.50 bits per heavy atom. The van der Waals surface area contributed by atoms with E-state index in [0.717, 1.165) is 0 Å². The highest BCUT2D eigenvalue weighted by atomic mass is 19.1. The Labute approximate surface area is 81.3 Å². The molecule has 1 aromatic carbocycles. The molecule has 74 valence electrons. The Morgan fingerprint density at radius 1 is 1.36 bits per heavy atom. The summed E-state index contributed by atoms with van der Waals surface area (Å²) in [6.45, 7) is 0.448. The average molecular weight is 194 g/mol. The monoisotopic (exact) mass is 194 g/mol. The van der Waals surface area contributed by atoms with Crippen LogP contribution in [0.15, 0.2) is 24.3 Å². The maximum atomic E-state index is 12.9. The molecule has 0 saturated carbocycles. The van der Waals surface area contributed by atoms with Gasteiger partial charge in [-0.25, -0.2) is 4.39 Å². The van der Waals surface area contributed by atoms with E-state index in [2.05, 4.69) is 0 Å². The molecule has 0 aromatic heterocycles. The molecule has 0 aliphatic carbocycles. The quantitative estimate of drug-likeness (QED) is 0.686. The molecule has 0 bridgehead atoms. The molecule has 1 atom stereocenters. The maximum absolute atomic E-state index is 12.9. The molecule has 0 spiro atoms. The number of rotatable bonds is 1. The SMILES string of the molecule is Nc1ccc(N2CCC(F)C2=O)cc1. The molecule has 0 radical (unpaired) electrons. The molecule has 1 aliphatic rings. The summed E-state index contributed by atoms with van der Waals surface area (Å²) in [7, 11) is 0. The second kappa shape index (κ2) is 3.29. The van der Waals surface area contributed by atoms with Crippen molar-refractivity contribution in [2.45, 2.75) is 12.6 Å². The standard InChI is InChI=1S/C10H11FN2O/c11-9-5-6-13(10(9)14)8-3-1-7(12)2-4-8/h1-4,9H,5-6,12H2. The minimum absolute atomic E-state index is 0.281.